The van der Waals surface area contributed by atoms with Crippen molar-refractivity contribution < 1.29 is 31.5 Å². The average Bonchev–Trinajstić information content (AvgIpc) is 3.21. The number of sulfonamides is 1. The third kappa shape index (κ3) is 4.41. The SMILES string of the molecule is CC(=O)c1cc2c(cc1NC(=[NH+]S(=O)(=O)c1ccc(F)cc1)c1ccccc1)OCO2. The molecule has 1 aliphatic heterocycles. The van der Waals surface area contributed by atoms with Crippen molar-refractivity contribution in [2.24, 2.45) is 0 Å². The van der Waals surface area contributed by atoms with Crippen LogP contribution in [-0.2, 0) is 10.0 Å². The first-order valence-electron chi connectivity index (χ1n) is 9.26. The Kier molecular flexibility index (Phi) is 5.43. The van der Waals surface area contributed by atoms with Gasteiger partial charge in [-0.2, -0.15) is 12.8 Å². The minimum atomic E-state index is -4.05. The molecule has 0 saturated heterocycles. The zero-order valence-corrected chi connectivity index (χ0v) is 17.2. The number of benzene rings is 3. The molecule has 0 unspecified atom stereocenters. The Bertz CT molecular complexity index is 1270. The monoisotopic (exact) mass is 441 g/mol. The number of anilines is 1. The Morgan fingerprint density at radius 3 is 2.29 bits per heavy atom. The highest BCUT2D eigenvalue weighted by Gasteiger charge is 2.25. The summed E-state index contributed by atoms with van der Waals surface area (Å²) in [5.41, 5.74) is 1.18. The van der Waals surface area contributed by atoms with Crippen molar-refractivity contribution in [3.63, 3.8) is 0 Å². The average molecular weight is 441 g/mol. The number of hydrogen-bond donors (Lipinski definition) is 2. The van der Waals surface area contributed by atoms with Crippen molar-refractivity contribution in [1.82, 2.24) is 0 Å². The summed E-state index contributed by atoms with van der Waals surface area (Å²) < 4.78 is 52.3. The predicted molar refractivity (Wildman–Crippen MR) is 111 cm³/mol. The van der Waals surface area contributed by atoms with Gasteiger partial charge < -0.3 is 9.47 Å². The summed E-state index contributed by atoms with van der Waals surface area (Å²) in [7, 11) is -4.05. The van der Waals surface area contributed by atoms with Crippen LogP contribution in [0.5, 0.6) is 11.5 Å². The fourth-order valence-corrected chi connectivity index (χ4v) is 4.09. The van der Waals surface area contributed by atoms with Crippen molar-refractivity contribution in [3.05, 3.63) is 83.7 Å². The van der Waals surface area contributed by atoms with Crippen LogP contribution in [0.1, 0.15) is 22.8 Å². The second kappa shape index (κ2) is 8.19. The van der Waals surface area contributed by atoms with E-state index in [1.54, 1.807) is 42.5 Å². The molecule has 9 heteroatoms. The van der Waals surface area contributed by atoms with Crippen LogP contribution in [0.3, 0.4) is 0 Å². The van der Waals surface area contributed by atoms with Gasteiger partial charge in [0.25, 0.3) is 5.84 Å². The van der Waals surface area contributed by atoms with Crippen LogP contribution in [0, 0.1) is 5.82 Å². The smallest absolute Gasteiger partial charge is 0.328 e. The molecule has 158 valence electrons. The van der Waals surface area contributed by atoms with Crippen LogP contribution in [0.2, 0.25) is 0 Å². The van der Waals surface area contributed by atoms with Crippen molar-refractivity contribution in [2.75, 3.05) is 12.1 Å². The van der Waals surface area contributed by atoms with E-state index in [1.807, 2.05) is 0 Å². The molecular formula is C22H18FN2O5S+. The van der Waals surface area contributed by atoms with Crippen molar-refractivity contribution in [3.8, 4) is 11.5 Å². The third-order valence-corrected chi connectivity index (χ3v) is 5.94. The summed E-state index contributed by atoms with van der Waals surface area (Å²) in [6, 6.07) is 16.3. The number of carbonyl (C=O) groups is 1. The highest BCUT2D eigenvalue weighted by molar-refractivity contribution is 7.84. The van der Waals surface area contributed by atoms with Crippen LogP contribution in [0.15, 0.2) is 71.6 Å². The van der Waals surface area contributed by atoms with Gasteiger partial charge in [0.15, 0.2) is 17.3 Å². The maximum Gasteiger partial charge on any atom is 0.328 e. The molecule has 31 heavy (non-hydrogen) atoms. The predicted octanol–water partition coefficient (Wildman–Crippen LogP) is 2.09. The van der Waals surface area contributed by atoms with Gasteiger partial charge in [-0.1, -0.05) is 18.2 Å². The van der Waals surface area contributed by atoms with Gasteiger partial charge in [0.05, 0.1) is 11.1 Å². The Morgan fingerprint density at radius 1 is 1.00 bits per heavy atom. The van der Waals surface area contributed by atoms with Crippen LogP contribution < -0.4 is 19.2 Å². The maximum atomic E-state index is 13.2. The minimum Gasteiger partial charge on any atom is -0.454 e. The van der Waals surface area contributed by atoms with E-state index in [-0.39, 0.29) is 23.3 Å². The van der Waals surface area contributed by atoms with Gasteiger partial charge in [-0.15, -0.1) is 0 Å². The lowest BCUT2D eigenvalue weighted by molar-refractivity contribution is -0.266. The van der Waals surface area contributed by atoms with Crippen LogP contribution in [0.25, 0.3) is 0 Å². The van der Waals surface area contributed by atoms with Gasteiger partial charge in [0, 0.05) is 6.07 Å². The highest BCUT2D eigenvalue weighted by Crippen LogP contribution is 2.37. The molecule has 0 bridgehead atoms. The molecule has 1 heterocycles. The molecular weight excluding hydrogens is 423 g/mol. The first-order chi connectivity index (χ1) is 14.8. The van der Waals surface area contributed by atoms with Gasteiger partial charge in [-0.05, 0) is 49.4 Å². The molecule has 0 atom stereocenters. The number of ether oxygens (including phenoxy) is 2. The molecule has 0 saturated carbocycles. The van der Waals surface area contributed by atoms with Crippen molar-refractivity contribution >= 4 is 27.3 Å². The lowest BCUT2D eigenvalue weighted by Crippen LogP contribution is -2.78. The fourth-order valence-electron chi connectivity index (χ4n) is 3.04. The van der Waals surface area contributed by atoms with E-state index in [0.717, 1.165) is 12.1 Å². The fraction of sp³-hybridized carbons (Fsp3) is 0.0909. The molecule has 1 aliphatic rings. The number of halogens is 1. The summed E-state index contributed by atoms with van der Waals surface area (Å²) in [6.45, 7) is 1.43. The van der Waals surface area contributed by atoms with Gasteiger partial charge in [0.2, 0.25) is 6.79 Å². The van der Waals surface area contributed by atoms with E-state index in [2.05, 4.69) is 9.71 Å². The lowest BCUT2D eigenvalue weighted by atomic mass is 10.1. The van der Waals surface area contributed by atoms with Crippen molar-refractivity contribution in [2.45, 2.75) is 11.8 Å². The largest absolute Gasteiger partial charge is 0.454 e. The second-order valence-electron chi connectivity index (χ2n) is 6.73. The van der Waals surface area contributed by atoms with Crippen LogP contribution in [0.4, 0.5) is 10.1 Å². The number of hydrogen-bond acceptors (Lipinski definition) is 5. The molecule has 4 rings (SSSR count). The molecule has 7 nitrogen and oxygen atoms in total. The molecule has 3 aromatic carbocycles. The summed E-state index contributed by atoms with van der Waals surface area (Å²) in [5, 5.41) is 3.01. The minimum absolute atomic E-state index is 0.0303. The topological polar surface area (TPSA) is 95.7 Å². The number of amidine groups is 1. The van der Waals surface area contributed by atoms with Gasteiger partial charge in [0.1, 0.15) is 16.4 Å². The molecule has 3 aromatic rings. The van der Waals surface area contributed by atoms with Gasteiger partial charge in [-0.3, -0.25) is 4.79 Å². The maximum absolute atomic E-state index is 13.2. The van der Waals surface area contributed by atoms with Gasteiger partial charge in [-0.25, -0.2) is 9.71 Å². The lowest BCUT2D eigenvalue weighted by Gasteiger charge is -2.09. The number of ketones is 1. The van der Waals surface area contributed by atoms with Crippen LogP contribution in [-0.4, -0.2) is 26.8 Å². The number of rotatable bonds is 5. The second-order valence-corrected chi connectivity index (χ2v) is 8.42. The standard InChI is InChI=1S/C22H17FN2O5S/c1-14(26)18-11-20-21(30-13-29-20)12-19(18)24-22(15-5-3-2-4-6-15)25-31(27,28)17-9-7-16(23)8-10-17/h2-12H,13H2,1H3,(H,24,25)/p+1. The normalized spacial score (nSPS) is 13.2. The Balaban J connectivity index is 1.82. The Labute approximate surface area is 178 Å². The zero-order valence-electron chi connectivity index (χ0n) is 16.4. The molecule has 0 aromatic heterocycles. The summed E-state index contributed by atoms with van der Waals surface area (Å²) in [4.78, 5) is 12.1. The van der Waals surface area contributed by atoms with E-state index < -0.39 is 15.8 Å². The number of Topliss-reactive ketones (excluding diaryl/α,β-unsaturated/α-hetero) is 1. The number of nitrogens with one attached hydrogen (secondary N) is 2. The molecule has 0 amide bonds. The number of fused-ring (bicyclic) bond motifs is 1. The summed E-state index contributed by atoms with van der Waals surface area (Å²) in [6.07, 6.45) is 0. The Morgan fingerprint density at radius 2 is 1.65 bits per heavy atom. The Hall–Kier alpha value is -3.72. The molecule has 0 fully saturated rings. The summed E-state index contributed by atoms with van der Waals surface area (Å²) in [5.74, 6) is 0.196. The highest BCUT2D eigenvalue weighted by atomic mass is 32.2. The molecule has 0 spiro atoms. The quantitative estimate of drug-likeness (QED) is 0.358. The van der Waals surface area contributed by atoms with Gasteiger partial charge >= 0.3 is 10.0 Å². The first-order valence-corrected chi connectivity index (χ1v) is 10.7. The van der Waals surface area contributed by atoms with Crippen LogP contribution >= 0.6 is 0 Å². The van der Waals surface area contributed by atoms with Crippen molar-refractivity contribution in [1.29, 1.82) is 0 Å². The number of carbonyl (C=O) groups excluding carboxylic acids is 1. The van der Waals surface area contributed by atoms with E-state index in [1.165, 1.54) is 19.1 Å². The molecule has 0 aliphatic carbocycles. The summed E-state index contributed by atoms with van der Waals surface area (Å²) >= 11 is 0. The van der Waals surface area contributed by atoms with E-state index in [0.29, 0.717) is 28.3 Å². The van der Waals surface area contributed by atoms with E-state index in [4.69, 9.17) is 9.47 Å². The first kappa shape index (κ1) is 20.5. The zero-order chi connectivity index (χ0) is 22.0. The molecule has 2 N–H and O–H groups in total. The molecule has 0 radical (unpaired) electrons. The third-order valence-electron chi connectivity index (χ3n) is 4.57. The van der Waals surface area contributed by atoms with E-state index >= 15 is 0 Å². The van der Waals surface area contributed by atoms with E-state index in [9.17, 15) is 17.6 Å².